The Hall–Kier alpha value is -4.90. The van der Waals surface area contributed by atoms with Gasteiger partial charge in [-0.15, -0.1) is 0 Å². The second-order valence-corrected chi connectivity index (χ2v) is 10.1. The molecule has 0 saturated heterocycles. The van der Waals surface area contributed by atoms with Crippen molar-refractivity contribution >= 4 is 50.1 Å². The molecular formula is C34H25NO4. The lowest BCUT2D eigenvalue weighted by Crippen LogP contribution is -2.44. The molecule has 6 aromatic rings. The molecule has 0 aliphatic heterocycles. The van der Waals surface area contributed by atoms with Crippen LogP contribution in [0, 0.1) is 0 Å². The van der Waals surface area contributed by atoms with E-state index in [1.54, 1.807) is 0 Å². The van der Waals surface area contributed by atoms with Crippen molar-refractivity contribution in [3.63, 3.8) is 0 Å². The number of anilines is 1. The zero-order valence-corrected chi connectivity index (χ0v) is 21.3. The topological polar surface area (TPSA) is 66.8 Å². The van der Waals surface area contributed by atoms with Crippen LogP contribution in [0.25, 0.3) is 43.4 Å². The first-order valence-corrected chi connectivity index (χ1v) is 13.1. The lowest BCUT2D eigenvalue weighted by atomic mass is 9.93. The van der Waals surface area contributed by atoms with Crippen LogP contribution in [0.1, 0.15) is 24.0 Å². The second-order valence-electron chi connectivity index (χ2n) is 10.1. The molecule has 1 amide bonds. The molecule has 0 fully saturated rings. The number of hydrogen-bond acceptors (Lipinski definition) is 3. The third-order valence-corrected chi connectivity index (χ3v) is 8.04. The van der Waals surface area contributed by atoms with E-state index < -0.39 is 18.1 Å². The summed E-state index contributed by atoms with van der Waals surface area (Å²) in [7, 11) is 0. The highest BCUT2D eigenvalue weighted by Crippen LogP contribution is 2.45. The van der Waals surface area contributed by atoms with Gasteiger partial charge in [0.1, 0.15) is 12.6 Å². The van der Waals surface area contributed by atoms with Crippen LogP contribution in [0.3, 0.4) is 0 Å². The van der Waals surface area contributed by atoms with Crippen LogP contribution in [-0.4, -0.2) is 29.8 Å². The monoisotopic (exact) mass is 511 g/mol. The summed E-state index contributed by atoms with van der Waals surface area (Å²) in [6.45, 7) is 1.63. The average molecular weight is 512 g/mol. The van der Waals surface area contributed by atoms with Gasteiger partial charge in [-0.05, 0) is 62.2 Å². The summed E-state index contributed by atoms with van der Waals surface area (Å²) in [4.78, 5) is 27.3. The highest BCUT2D eigenvalue weighted by molar-refractivity contribution is 6.26. The van der Waals surface area contributed by atoms with Crippen LogP contribution < -0.4 is 4.90 Å². The van der Waals surface area contributed by atoms with Crippen LogP contribution in [-0.2, 0) is 9.53 Å². The highest BCUT2D eigenvalue weighted by Gasteiger charge is 2.33. The van der Waals surface area contributed by atoms with Crippen molar-refractivity contribution in [3.05, 3.63) is 114 Å². The van der Waals surface area contributed by atoms with E-state index in [1.807, 2.05) is 54.6 Å². The molecule has 1 atom stereocenters. The van der Waals surface area contributed by atoms with Crippen molar-refractivity contribution in [1.29, 1.82) is 0 Å². The fraction of sp³-hybridized carbons (Fsp3) is 0.118. The van der Waals surface area contributed by atoms with Gasteiger partial charge in [0, 0.05) is 11.3 Å². The molecule has 7 rings (SSSR count). The van der Waals surface area contributed by atoms with Gasteiger partial charge in [-0.2, -0.15) is 0 Å². The van der Waals surface area contributed by atoms with Gasteiger partial charge in [0.05, 0.1) is 5.69 Å². The molecule has 6 aromatic carbocycles. The van der Waals surface area contributed by atoms with Gasteiger partial charge >= 0.3 is 12.1 Å². The van der Waals surface area contributed by atoms with E-state index in [2.05, 4.69) is 48.5 Å². The molecule has 1 aliphatic rings. The number of ether oxygens (including phenoxy) is 1. The number of carbonyl (C=O) groups is 2. The quantitative estimate of drug-likeness (QED) is 0.240. The van der Waals surface area contributed by atoms with E-state index in [0.717, 1.165) is 54.6 Å². The Kier molecular flexibility index (Phi) is 5.27. The number of nitrogens with zero attached hydrogens (tertiary/aromatic N) is 1. The number of carboxylic acids is 1. The molecule has 0 aromatic heterocycles. The Balaban J connectivity index is 1.30. The number of fused-ring (bicyclic) bond motifs is 3. The molecular weight excluding hydrogens is 486 g/mol. The van der Waals surface area contributed by atoms with Gasteiger partial charge < -0.3 is 9.84 Å². The van der Waals surface area contributed by atoms with Crippen LogP contribution in [0.15, 0.2) is 103 Å². The maximum atomic E-state index is 13.8. The number of aliphatic carboxylic acids is 1. The smallest absolute Gasteiger partial charge is 0.415 e. The molecule has 0 unspecified atom stereocenters. The summed E-state index contributed by atoms with van der Waals surface area (Å²) < 4.78 is 5.94. The van der Waals surface area contributed by atoms with Gasteiger partial charge in [0.15, 0.2) is 0 Å². The van der Waals surface area contributed by atoms with E-state index in [-0.39, 0.29) is 12.5 Å². The fourth-order valence-corrected chi connectivity index (χ4v) is 6.17. The molecule has 0 spiro atoms. The van der Waals surface area contributed by atoms with E-state index >= 15 is 0 Å². The Bertz CT molecular complexity index is 1850. The minimum atomic E-state index is -1.13. The third-order valence-electron chi connectivity index (χ3n) is 8.04. The maximum absolute atomic E-state index is 13.8. The SMILES string of the molecule is C[C@@H](C(=O)O)N(C(=O)OCC1c2ccccc2-c2ccccc21)c1ccc2ccc3cccc4ccc1c2c34. The number of benzene rings is 6. The molecule has 5 nitrogen and oxygen atoms in total. The predicted molar refractivity (Wildman–Crippen MR) is 155 cm³/mol. The number of amides is 1. The molecule has 0 heterocycles. The van der Waals surface area contributed by atoms with E-state index in [9.17, 15) is 14.7 Å². The van der Waals surface area contributed by atoms with Crippen molar-refractivity contribution in [2.45, 2.75) is 18.9 Å². The highest BCUT2D eigenvalue weighted by atomic mass is 16.6. The van der Waals surface area contributed by atoms with Crippen LogP contribution >= 0.6 is 0 Å². The Morgan fingerprint density at radius 1 is 0.744 bits per heavy atom. The van der Waals surface area contributed by atoms with Gasteiger partial charge in [0.2, 0.25) is 0 Å². The first kappa shape index (κ1) is 23.2. The van der Waals surface area contributed by atoms with Crippen molar-refractivity contribution < 1.29 is 19.4 Å². The van der Waals surface area contributed by atoms with Gasteiger partial charge in [-0.1, -0.05) is 97.1 Å². The van der Waals surface area contributed by atoms with Crippen LogP contribution in [0.5, 0.6) is 0 Å². The lowest BCUT2D eigenvalue weighted by molar-refractivity contribution is -0.138. The summed E-state index contributed by atoms with van der Waals surface area (Å²) in [5, 5.41) is 16.2. The van der Waals surface area contributed by atoms with Gasteiger partial charge in [0.25, 0.3) is 0 Å². The Morgan fingerprint density at radius 3 is 1.95 bits per heavy atom. The zero-order valence-electron chi connectivity index (χ0n) is 21.3. The standard InChI is InChI=1S/C34H25NO4/c1-20(33(36)37)35(30-18-16-23-14-13-21-7-6-8-22-15-17-28(30)32(23)31(21)22)34(38)39-19-29-26-11-4-2-9-24(26)25-10-3-5-12-27(25)29/h2-18,20,29H,19H2,1H3,(H,36,37)/t20-/m0/s1. The summed E-state index contributed by atoms with van der Waals surface area (Å²) in [6, 6.07) is 33.2. The molecule has 5 heteroatoms. The summed E-state index contributed by atoms with van der Waals surface area (Å²) in [5.41, 5.74) is 5.00. The van der Waals surface area contributed by atoms with E-state index in [0.29, 0.717) is 5.69 Å². The molecule has 39 heavy (non-hydrogen) atoms. The number of carboxylic acid groups (broad SMARTS) is 1. The molecule has 1 N–H and O–H groups in total. The Labute approximate surface area is 225 Å². The van der Waals surface area contributed by atoms with E-state index in [1.165, 1.54) is 11.8 Å². The number of rotatable bonds is 5. The number of hydrogen-bond donors (Lipinski definition) is 1. The van der Waals surface area contributed by atoms with Crippen LogP contribution in [0.4, 0.5) is 10.5 Å². The van der Waals surface area contributed by atoms with Crippen molar-refractivity contribution in [1.82, 2.24) is 0 Å². The second kappa shape index (κ2) is 8.84. The first-order chi connectivity index (χ1) is 19.0. The summed E-state index contributed by atoms with van der Waals surface area (Å²) in [6.07, 6.45) is -0.679. The third kappa shape index (κ3) is 3.54. The summed E-state index contributed by atoms with van der Waals surface area (Å²) in [5.74, 6) is -1.22. The minimum Gasteiger partial charge on any atom is -0.480 e. The molecule has 0 saturated carbocycles. The maximum Gasteiger partial charge on any atom is 0.415 e. The fourth-order valence-electron chi connectivity index (χ4n) is 6.17. The lowest BCUT2D eigenvalue weighted by Gasteiger charge is -2.28. The minimum absolute atomic E-state index is 0.113. The van der Waals surface area contributed by atoms with Gasteiger partial charge in [-0.3, -0.25) is 4.90 Å². The normalized spacial score (nSPS) is 13.5. The zero-order chi connectivity index (χ0) is 26.7. The first-order valence-electron chi connectivity index (χ1n) is 13.1. The van der Waals surface area contributed by atoms with E-state index in [4.69, 9.17) is 4.74 Å². The number of carbonyl (C=O) groups excluding carboxylic acids is 1. The van der Waals surface area contributed by atoms with Gasteiger partial charge in [-0.25, -0.2) is 9.59 Å². The van der Waals surface area contributed by atoms with Crippen LogP contribution in [0.2, 0.25) is 0 Å². The largest absolute Gasteiger partial charge is 0.480 e. The van der Waals surface area contributed by atoms with Crippen molar-refractivity contribution in [3.8, 4) is 11.1 Å². The Morgan fingerprint density at radius 2 is 1.31 bits per heavy atom. The van der Waals surface area contributed by atoms with Crippen molar-refractivity contribution in [2.75, 3.05) is 11.5 Å². The molecule has 0 bridgehead atoms. The van der Waals surface area contributed by atoms with Crippen molar-refractivity contribution in [2.24, 2.45) is 0 Å². The molecule has 190 valence electrons. The molecule has 0 radical (unpaired) electrons. The predicted octanol–water partition coefficient (Wildman–Crippen LogP) is 7.81. The average Bonchev–Trinajstić information content (AvgIpc) is 3.29. The summed E-state index contributed by atoms with van der Waals surface area (Å²) >= 11 is 0. The molecule has 1 aliphatic carbocycles.